The van der Waals surface area contributed by atoms with Crippen molar-refractivity contribution in [2.75, 3.05) is 20.8 Å². The number of aryl methyl sites for hydroxylation is 4. The average Bonchev–Trinajstić information content (AvgIpc) is 2.71. The first-order valence-corrected chi connectivity index (χ1v) is 10.0. The van der Waals surface area contributed by atoms with E-state index >= 15 is 0 Å². The van der Waals surface area contributed by atoms with Crippen LogP contribution in [0.3, 0.4) is 0 Å². The molecule has 0 bridgehead atoms. The normalized spacial score (nSPS) is 10.1. The number of ether oxygens (including phenoxy) is 2. The van der Waals surface area contributed by atoms with Crippen LogP contribution in [0.2, 0.25) is 0 Å². The van der Waals surface area contributed by atoms with Gasteiger partial charge in [-0.05, 0) is 80.3 Å². The van der Waals surface area contributed by atoms with Gasteiger partial charge in [-0.3, -0.25) is 4.79 Å². The summed E-state index contributed by atoms with van der Waals surface area (Å²) in [7, 11) is 3.34. The first-order chi connectivity index (χ1) is 13.9. The lowest BCUT2D eigenvalue weighted by molar-refractivity contribution is -0.137. The van der Waals surface area contributed by atoms with E-state index in [2.05, 4.69) is 18.2 Å². The second-order valence-electron chi connectivity index (χ2n) is 7.04. The van der Waals surface area contributed by atoms with E-state index in [4.69, 9.17) is 19.7 Å². The zero-order valence-corrected chi connectivity index (χ0v) is 18.0. The lowest BCUT2D eigenvalue weighted by Crippen LogP contribution is -1.96. The number of carboxylic acid groups (broad SMARTS) is 1. The van der Waals surface area contributed by atoms with E-state index < -0.39 is 5.97 Å². The first-order valence-electron chi connectivity index (χ1n) is 10.0. The number of hydrogen-bond donors (Lipinski definition) is 2. The van der Waals surface area contributed by atoms with Gasteiger partial charge in [0.25, 0.3) is 0 Å². The molecule has 29 heavy (non-hydrogen) atoms. The van der Waals surface area contributed by atoms with Crippen LogP contribution in [0.25, 0.3) is 0 Å². The summed E-state index contributed by atoms with van der Waals surface area (Å²) in [5, 5.41) is 17.2. The molecule has 0 spiro atoms. The first kappa shape index (κ1) is 24.5. The largest absolute Gasteiger partial charge is 0.496 e. The smallest absolute Gasteiger partial charge is 0.303 e. The summed E-state index contributed by atoms with van der Waals surface area (Å²) in [6, 6.07) is 12.3. The highest BCUT2D eigenvalue weighted by Crippen LogP contribution is 2.21. The number of unbranched alkanes of at least 4 members (excludes halogenated alkanes) is 1. The van der Waals surface area contributed by atoms with Crippen molar-refractivity contribution in [1.29, 1.82) is 0 Å². The molecule has 2 N–H and O–H groups in total. The SMILES string of the molecule is COc1cc(CCCC(=O)O)ccc1C.COc1cc(CCCCO)ccc1C. The van der Waals surface area contributed by atoms with Crippen LogP contribution in [0.1, 0.15) is 47.9 Å². The Morgan fingerprint density at radius 1 is 0.828 bits per heavy atom. The molecule has 0 aliphatic heterocycles. The lowest BCUT2D eigenvalue weighted by atomic mass is 10.1. The van der Waals surface area contributed by atoms with Gasteiger partial charge < -0.3 is 19.7 Å². The van der Waals surface area contributed by atoms with Crippen molar-refractivity contribution in [3.05, 3.63) is 58.7 Å². The number of benzene rings is 2. The highest BCUT2D eigenvalue weighted by atomic mass is 16.5. The van der Waals surface area contributed by atoms with Crippen molar-refractivity contribution in [2.24, 2.45) is 0 Å². The van der Waals surface area contributed by atoms with Gasteiger partial charge in [0.1, 0.15) is 11.5 Å². The fourth-order valence-electron chi connectivity index (χ4n) is 2.92. The Balaban J connectivity index is 0.000000291. The molecule has 0 amide bonds. The zero-order valence-electron chi connectivity index (χ0n) is 18.0. The van der Waals surface area contributed by atoms with Gasteiger partial charge in [-0.1, -0.05) is 24.3 Å². The van der Waals surface area contributed by atoms with E-state index in [1.165, 1.54) is 11.1 Å². The number of hydrogen-bond acceptors (Lipinski definition) is 4. The van der Waals surface area contributed by atoms with E-state index in [1.54, 1.807) is 14.2 Å². The molecule has 5 nitrogen and oxygen atoms in total. The number of carboxylic acids is 1. The summed E-state index contributed by atoms with van der Waals surface area (Å²) in [6.45, 7) is 4.30. The van der Waals surface area contributed by atoms with Gasteiger partial charge in [0.15, 0.2) is 0 Å². The number of aliphatic hydroxyl groups is 1. The maximum Gasteiger partial charge on any atom is 0.303 e. The second kappa shape index (κ2) is 13.6. The van der Waals surface area contributed by atoms with Crippen LogP contribution in [0.4, 0.5) is 0 Å². The van der Waals surface area contributed by atoms with Crippen molar-refractivity contribution < 1.29 is 24.5 Å². The van der Waals surface area contributed by atoms with Crippen molar-refractivity contribution in [3.63, 3.8) is 0 Å². The Morgan fingerprint density at radius 2 is 1.31 bits per heavy atom. The fourth-order valence-corrected chi connectivity index (χ4v) is 2.92. The van der Waals surface area contributed by atoms with Gasteiger partial charge in [0.05, 0.1) is 14.2 Å². The molecule has 0 heterocycles. The Hall–Kier alpha value is -2.53. The van der Waals surface area contributed by atoms with Crippen LogP contribution < -0.4 is 9.47 Å². The minimum absolute atomic E-state index is 0.218. The van der Waals surface area contributed by atoms with E-state index in [0.29, 0.717) is 6.42 Å². The van der Waals surface area contributed by atoms with Crippen molar-refractivity contribution >= 4 is 5.97 Å². The third kappa shape index (κ3) is 9.48. The Bertz CT molecular complexity index is 755. The van der Waals surface area contributed by atoms with Crippen molar-refractivity contribution in [3.8, 4) is 11.5 Å². The van der Waals surface area contributed by atoms with E-state index in [0.717, 1.165) is 48.3 Å². The Kier molecular flexibility index (Phi) is 11.5. The van der Waals surface area contributed by atoms with Gasteiger partial charge in [-0.15, -0.1) is 0 Å². The van der Waals surface area contributed by atoms with Crippen LogP contribution in [-0.4, -0.2) is 37.0 Å². The molecular formula is C24H34O5. The molecule has 0 unspecified atom stereocenters. The molecule has 0 fully saturated rings. The van der Waals surface area contributed by atoms with E-state index in [9.17, 15) is 4.79 Å². The summed E-state index contributed by atoms with van der Waals surface area (Å²) in [6.07, 6.45) is 4.58. The Morgan fingerprint density at radius 3 is 1.72 bits per heavy atom. The second-order valence-corrected chi connectivity index (χ2v) is 7.04. The van der Waals surface area contributed by atoms with Crippen LogP contribution >= 0.6 is 0 Å². The number of rotatable bonds is 10. The summed E-state index contributed by atoms with van der Waals surface area (Å²) in [5.74, 6) is 1.07. The third-order valence-corrected chi connectivity index (χ3v) is 4.67. The van der Waals surface area contributed by atoms with Gasteiger partial charge in [-0.2, -0.15) is 0 Å². The average molecular weight is 403 g/mol. The molecular weight excluding hydrogens is 368 g/mol. The van der Waals surface area contributed by atoms with Gasteiger partial charge >= 0.3 is 5.97 Å². The van der Waals surface area contributed by atoms with Gasteiger partial charge in [-0.25, -0.2) is 0 Å². The molecule has 5 heteroatoms. The predicted molar refractivity (Wildman–Crippen MR) is 116 cm³/mol. The molecule has 0 atom stereocenters. The number of methoxy groups -OCH3 is 2. The number of aliphatic hydroxyl groups excluding tert-OH is 1. The highest BCUT2D eigenvalue weighted by Gasteiger charge is 2.02. The number of aliphatic carboxylic acids is 1. The third-order valence-electron chi connectivity index (χ3n) is 4.67. The lowest BCUT2D eigenvalue weighted by Gasteiger charge is -2.07. The molecule has 0 aromatic heterocycles. The summed E-state index contributed by atoms with van der Waals surface area (Å²) in [4.78, 5) is 10.3. The molecule has 2 aromatic rings. The zero-order chi connectivity index (χ0) is 21.6. The molecule has 0 aliphatic carbocycles. The summed E-state index contributed by atoms with van der Waals surface area (Å²) in [5.41, 5.74) is 4.66. The van der Waals surface area contributed by atoms with Crippen molar-refractivity contribution in [1.82, 2.24) is 0 Å². The minimum Gasteiger partial charge on any atom is -0.496 e. The van der Waals surface area contributed by atoms with Crippen LogP contribution in [0, 0.1) is 13.8 Å². The van der Waals surface area contributed by atoms with Crippen LogP contribution in [-0.2, 0) is 17.6 Å². The fraction of sp³-hybridized carbons (Fsp3) is 0.458. The topological polar surface area (TPSA) is 76.0 Å². The summed E-state index contributed by atoms with van der Waals surface area (Å²) >= 11 is 0. The molecule has 0 saturated carbocycles. The standard InChI is InChI=1S/C12H16O3.C12H18O2/c1-9-6-7-10(8-11(9)15-2)4-3-5-12(13)14;1-10-6-7-11(5-3-4-8-13)9-12(10)14-2/h6-8H,3-5H2,1-2H3,(H,13,14);6-7,9,13H,3-5,8H2,1-2H3. The molecule has 2 aromatic carbocycles. The molecule has 2 rings (SSSR count). The monoisotopic (exact) mass is 402 g/mol. The molecule has 0 radical (unpaired) electrons. The van der Waals surface area contributed by atoms with Gasteiger partial charge in [0, 0.05) is 13.0 Å². The van der Waals surface area contributed by atoms with Crippen molar-refractivity contribution in [2.45, 2.75) is 52.4 Å². The van der Waals surface area contributed by atoms with E-state index in [1.807, 2.05) is 32.0 Å². The van der Waals surface area contributed by atoms with E-state index in [-0.39, 0.29) is 13.0 Å². The maximum atomic E-state index is 10.3. The number of carbonyl (C=O) groups is 1. The van der Waals surface area contributed by atoms with Crippen LogP contribution in [0.5, 0.6) is 11.5 Å². The molecule has 0 aliphatic rings. The molecule has 0 saturated heterocycles. The Labute approximate surface area is 174 Å². The minimum atomic E-state index is -0.742. The highest BCUT2D eigenvalue weighted by molar-refractivity contribution is 5.66. The maximum absolute atomic E-state index is 10.3. The predicted octanol–water partition coefficient (Wildman–Crippen LogP) is 4.73. The summed E-state index contributed by atoms with van der Waals surface area (Å²) < 4.78 is 10.4. The van der Waals surface area contributed by atoms with Gasteiger partial charge in [0.2, 0.25) is 0 Å². The quantitative estimate of drug-likeness (QED) is 0.562. The van der Waals surface area contributed by atoms with Crippen LogP contribution in [0.15, 0.2) is 36.4 Å². The molecule has 160 valence electrons.